The molecule has 0 aliphatic heterocycles. The van der Waals surface area contributed by atoms with Gasteiger partial charge in [-0.3, -0.25) is 10.1 Å². The van der Waals surface area contributed by atoms with Crippen LogP contribution in [0.1, 0.15) is 24.0 Å². The molecule has 0 bridgehead atoms. The van der Waals surface area contributed by atoms with Crippen LogP contribution in [0, 0.1) is 5.92 Å². The van der Waals surface area contributed by atoms with Gasteiger partial charge in [-0.2, -0.15) is 4.98 Å². The second-order valence-corrected chi connectivity index (χ2v) is 7.80. The molecule has 0 radical (unpaired) electrons. The molecule has 8 heteroatoms. The zero-order chi connectivity index (χ0) is 16.4. The molecule has 1 amide bonds. The van der Waals surface area contributed by atoms with Crippen LogP contribution in [0.4, 0.5) is 5.95 Å². The van der Waals surface area contributed by atoms with Gasteiger partial charge in [-0.05, 0) is 36.3 Å². The predicted octanol–water partition coefficient (Wildman–Crippen LogP) is 1.34. The molecule has 1 aromatic carbocycles. The summed E-state index contributed by atoms with van der Waals surface area (Å²) in [5.74, 6) is 0.0679. The van der Waals surface area contributed by atoms with Gasteiger partial charge in [0.2, 0.25) is 26.8 Å². The van der Waals surface area contributed by atoms with E-state index in [4.69, 9.17) is 0 Å². The van der Waals surface area contributed by atoms with E-state index in [1.165, 1.54) is 11.1 Å². The van der Waals surface area contributed by atoms with Crippen molar-refractivity contribution < 1.29 is 13.2 Å². The molecule has 122 valence electrons. The number of nitrogens with zero attached hydrogens (tertiary/aromatic N) is 2. The molecule has 0 unspecified atom stereocenters. The summed E-state index contributed by atoms with van der Waals surface area (Å²) < 4.78 is 22.6. The summed E-state index contributed by atoms with van der Waals surface area (Å²) in [6, 6.07) is 8.29. The quantitative estimate of drug-likeness (QED) is 0.878. The summed E-state index contributed by atoms with van der Waals surface area (Å²) in [6.07, 6.45) is 4.22. The highest BCUT2D eigenvalue weighted by Crippen LogP contribution is 2.27. The minimum absolute atomic E-state index is 0.00775. The number of aromatic amines is 1. The fraction of sp³-hybridized carbons (Fsp3) is 0.400. The van der Waals surface area contributed by atoms with Gasteiger partial charge in [0.25, 0.3) is 0 Å². The van der Waals surface area contributed by atoms with Crippen LogP contribution in [-0.2, 0) is 27.5 Å². The van der Waals surface area contributed by atoms with Gasteiger partial charge in [0.05, 0.1) is 0 Å². The van der Waals surface area contributed by atoms with Crippen molar-refractivity contribution in [3.05, 3.63) is 35.4 Å². The summed E-state index contributed by atoms with van der Waals surface area (Å²) in [7, 11) is -3.46. The zero-order valence-electron chi connectivity index (χ0n) is 12.7. The Morgan fingerprint density at radius 2 is 2.09 bits per heavy atom. The first-order valence-corrected chi connectivity index (χ1v) is 9.30. The monoisotopic (exact) mass is 334 g/mol. The molecule has 0 saturated heterocycles. The Bertz CT molecular complexity index is 829. The van der Waals surface area contributed by atoms with E-state index in [9.17, 15) is 13.2 Å². The molecule has 1 aliphatic rings. The lowest BCUT2D eigenvalue weighted by Gasteiger charge is -2.23. The number of rotatable bonds is 4. The van der Waals surface area contributed by atoms with Crippen molar-refractivity contribution in [2.45, 2.75) is 30.8 Å². The van der Waals surface area contributed by atoms with Crippen LogP contribution in [0.15, 0.2) is 29.4 Å². The van der Waals surface area contributed by atoms with Crippen molar-refractivity contribution in [2.75, 3.05) is 11.6 Å². The van der Waals surface area contributed by atoms with Gasteiger partial charge in [-0.15, -0.1) is 5.10 Å². The normalized spacial score (nSPS) is 17.5. The van der Waals surface area contributed by atoms with Gasteiger partial charge in [0.15, 0.2) is 0 Å². The van der Waals surface area contributed by atoms with Gasteiger partial charge in [-0.1, -0.05) is 24.3 Å². The van der Waals surface area contributed by atoms with Crippen LogP contribution in [0.5, 0.6) is 0 Å². The minimum Gasteiger partial charge on any atom is -0.293 e. The van der Waals surface area contributed by atoms with Gasteiger partial charge in [0.1, 0.15) is 0 Å². The number of aryl methyl sites for hydroxylation is 1. The summed E-state index contributed by atoms with van der Waals surface area (Å²) in [4.78, 5) is 15.9. The number of aromatic nitrogens is 3. The molecular formula is C15H18N4O3S. The van der Waals surface area contributed by atoms with Crippen molar-refractivity contribution in [1.82, 2.24) is 15.2 Å². The van der Waals surface area contributed by atoms with Crippen molar-refractivity contribution in [3.8, 4) is 0 Å². The zero-order valence-corrected chi connectivity index (χ0v) is 13.6. The van der Waals surface area contributed by atoms with E-state index < -0.39 is 9.84 Å². The molecule has 2 aromatic rings. The van der Waals surface area contributed by atoms with E-state index in [2.05, 4.69) is 32.6 Å². The molecule has 1 heterocycles. The van der Waals surface area contributed by atoms with E-state index in [1.807, 2.05) is 12.1 Å². The maximum atomic E-state index is 12.1. The van der Waals surface area contributed by atoms with Crippen LogP contribution >= 0.6 is 0 Å². The molecule has 0 spiro atoms. The first kappa shape index (κ1) is 15.7. The van der Waals surface area contributed by atoms with Crippen molar-refractivity contribution >= 4 is 21.7 Å². The SMILES string of the molecule is CS(=O)(=O)c1nc(NC(=O)C[C@@H]2CCc3ccccc3C2)n[nH]1. The number of benzene rings is 1. The van der Waals surface area contributed by atoms with E-state index in [1.54, 1.807) is 0 Å². The number of sulfone groups is 1. The molecule has 0 fully saturated rings. The van der Waals surface area contributed by atoms with E-state index in [0.717, 1.165) is 25.5 Å². The molecule has 0 saturated carbocycles. The summed E-state index contributed by atoms with van der Waals surface area (Å²) in [6.45, 7) is 0. The van der Waals surface area contributed by atoms with Gasteiger partial charge in [0, 0.05) is 12.7 Å². The number of hydrogen-bond acceptors (Lipinski definition) is 5. The average Bonchev–Trinajstić information content (AvgIpc) is 2.95. The van der Waals surface area contributed by atoms with Crippen LogP contribution in [0.25, 0.3) is 0 Å². The molecule has 3 rings (SSSR count). The fourth-order valence-corrected chi connectivity index (χ4v) is 3.32. The van der Waals surface area contributed by atoms with Gasteiger partial charge < -0.3 is 0 Å². The third-order valence-corrected chi connectivity index (χ3v) is 4.88. The Hall–Kier alpha value is -2.22. The largest absolute Gasteiger partial charge is 0.293 e. The van der Waals surface area contributed by atoms with Crippen molar-refractivity contribution in [2.24, 2.45) is 5.92 Å². The second kappa shape index (κ2) is 6.11. The average molecular weight is 334 g/mol. The Morgan fingerprint density at radius 3 is 2.78 bits per heavy atom. The molecule has 1 aromatic heterocycles. The highest BCUT2D eigenvalue weighted by Gasteiger charge is 2.22. The lowest BCUT2D eigenvalue weighted by molar-refractivity contribution is -0.117. The standard InChI is InChI=1S/C15H18N4O3S/c1-23(21,22)15-17-14(18-19-15)16-13(20)9-10-6-7-11-4-2-3-5-12(11)8-10/h2-5,10H,6-9H2,1H3,(H2,16,17,18,19,20)/t10-/m1/s1. The number of amides is 1. The summed E-state index contributed by atoms with van der Waals surface area (Å²) in [5.41, 5.74) is 2.66. The van der Waals surface area contributed by atoms with Crippen LogP contribution in [0.2, 0.25) is 0 Å². The van der Waals surface area contributed by atoms with Crippen LogP contribution in [-0.4, -0.2) is 35.8 Å². The summed E-state index contributed by atoms with van der Waals surface area (Å²) in [5, 5.41) is 8.31. The molecule has 2 N–H and O–H groups in total. The van der Waals surface area contributed by atoms with E-state index in [-0.39, 0.29) is 22.9 Å². The van der Waals surface area contributed by atoms with E-state index >= 15 is 0 Å². The highest BCUT2D eigenvalue weighted by molar-refractivity contribution is 7.90. The number of H-pyrrole nitrogens is 1. The van der Waals surface area contributed by atoms with E-state index in [0.29, 0.717) is 6.42 Å². The number of nitrogens with one attached hydrogen (secondary N) is 2. The second-order valence-electron chi connectivity index (χ2n) is 5.87. The molecule has 1 aliphatic carbocycles. The number of carbonyl (C=O) groups is 1. The molecule has 1 atom stereocenters. The summed E-state index contributed by atoms with van der Waals surface area (Å²) >= 11 is 0. The number of carbonyl (C=O) groups excluding carboxylic acids is 1. The van der Waals surface area contributed by atoms with Crippen molar-refractivity contribution in [1.29, 1.82) is 0 Å². The Labute approximate surface area is 134 Å². The Morgan fingerprint density at radius 1 is 1.35 bits per heavy atom. The minimum atomic E-state index is -3.46. The van der Waals surface area contributed by atoms with Crippen LogP contribution in [0.3, 0.4) is 0 Å². The third-order valence-electron chi connectivity index (χ3n) is 3.99. The van der Waals surface area contributed by atoms with Crippen molar-refractivity contribution in [3.63, 3.8) is 0 Å². The third kappa shape index (κ3) is 3.76. The number of fused-ring (bicyclic) bond motifs is 1. The molecule has 23 heavy (non-hydrogen) atoms. The Balaban J connectivity index is 1.59. The van der Waals surface area contributed by atoms with Gasteiger partial charge in [-0.25, -0.2) is 13.5 Å². The lowest BCUT2D eigenvalue weighted by atomic mass is 9.82. The highest BCUT2D eigenvalue weighted by atomic mass is 32.2. The van der Waals surface area contributed by atoms with Crippen LogP contribution < -0.4 is 5.32 Å². The first-order chi connectivity index (χ1) is 10.9. The fourth-order valence-electron chi connectivity index (χ4n) is 2.85. The molecular weight excluding hydrogens is 316 g/mol. The van der Waals surface area contributed by atoms with Gasteiger partial charge >= 0.3 is 0 Å². The predicted molar refractivity (Wildman–Crippen MR) is 84.7 cm³/mol. The number of hydrogen-bond donors (Lipinski definition) is 2. The maximum Gasteiger partial charge on any atom is 0.249 e. The first-order valence-electron chi connectivity index (χ1n) is 7.41. The molecule has 7 nitrogen and oxygen atoms in total. The Kier molecular flexibility index (Phi) is 4.16. The smallest absolute Gasteiger partial charge is 0.249 e. The topological polar surface area (TPSA) is 105 Å². The number of anilines is 1. The lowest BCUT2D eigenvalue weighted by Crippen LogP contribution is -2.22. The maximum absolute atomic E-state index is 12.1.